The van der Waals surface area contributed by atoms with Crippen molar-refractivity contribution in [2.75, 3.05) is 50.0 Å². The Morgan fingerprint density at radius 2 is 1.83 bits per heavy atom. The fraction of sp³-hybridized carbons (Fsp3) is 0.759. The number of piperidine rings is 1. The van der Waals surface area contributed by atoms with Crippen molar-refractivity contribution < 1.29 is 4.79 Å². The summed E-state index contributed by atoms with van der Waals surface area (Å²) in [6, 6.07) is 3.96. The summed E-state index contributed by atoms with van der Waals surface area (Å²) in [6.45, 7) is 9.45. The first-order valence-electron chi connectivity index (χ1n) is 14.6. The van der Waals surface area contributed by atoms with Crippen LogP contribution in [0.2, 0.25) is 0 Å². The summed E-state index contributed by atoms with van der Waals surface area (Å²) in [5.74, 6) is 2.14. The lowest BCUT2D eigenvalue weighted by molar-refractivity contribution is -0.115. The molecule has 1 aliphatic carbocycles. The summed E-state index contributed by atoms with van der Waals surface area (Å²) in [4.78, 5) is 22.5. The Kier molecular flexibility index (Phi) is 12.0. The van der Waals surface area contributed by atoms with Crippen molar-refractivity contribution in [3.63, 3.8) is 0 Å². The van der Waals surface area contributed by atoms with Gasteiger partial charge in [0.15, 0.2) is 0 Å². The molecular formula is C29H50N6O. The largest absolute Gasteiger partial charge is 0.373 e. The Labute approximate surface area is 219 Å². The lowest BCUT2D eigenvalue weighted by Gasteiger charge is -2.33. The number of amides is 1. The van der Waals surface area contributed by atoms with E-state index < -0.39 is 0 Å². The molecule has 1 saturated heterocycles. The number of anilines is 2. The van der Waals surface area contributed by atoms with E-state index >= 15 is 0 Å². The predicted molar refractivity (Wildman–Crippen MR) is 151 cm³/mol. The highest BCUT2D eigenvalue weighted by Crippen LogP contribution is 2.27. The molecule has 1 aromatic rings. The first-order valence-corrected chi connectivity index (χ1v) is 14.6. The number of hydrogen-bond donors (Lipinski definition) is 3. The Morgan fingerprint density at radius 1 is 1.08 bits per heavy atom. The van der Waals surface area contributed by atoms with Crippen LogP contribution in [0.15, 0.2) is 12.1 Å². The maximum absolute atomic E-state index is 12.9. The van der Waals surface area contributed by atoms with Crippen molar-refractivity contribution in [1.82, 2.24) is 15.2 Å². The molecule has 2 heterocycles. The SMILES string of the molecule is CCCCCN(CC)c1ccc(C(=N)C(=O)NC2CCN(CCCC3CCCCC3)CC2)c(NC)n1. The predicted octanol–water partition coefficient (Wildman–Crippen LogP) is 5.45. The second-order valence-electron chi connectivity index (χ2n) is 10.7. The quantitative estimate of drug-likeness (QED) is 0.235. The highest BCUT2D eigenvalue weighted by atomic mass is 16.1. The molecule has 7 nitrogen and oxygen atoms in total. The molecule has 0 aromatic carbocycles. The Morgan fingerprint density at radius 3 is 2.50 bits per heavy atom. The molecule has 3 N–H and O–H groups in total. The smallest absolute Gasteiger partial charge is 0.270 e. The van der Waals surface area contributed by atoms with Gasteiger partial charge in [-0.15, -0.1) is 0 Å². The number of hydrogen-bond acceptors (Lipinski definition) is 6. The third-order valence-corrected chi connectivity index (χ3v) is 8.09. The molecule has 3 rings (SSSR count). The van der Waals surface area contributed by atoms with Gasteiger partial charge in [0, 0.05) is 44.8 Å². The second-order valence-corrected chi connectivity index (χ2v) is 10.7. The summed E-state index contributed by atoms with van der Waals surface area (Å²) < 4.78 is 0. The number of aromatic nitrogens is 1. The number of likely N-dealkylation sites (tertiary alicyclic amines) is 1. The molecular weight excluding hydrogens is 448 g/mol. The third-order valence-electron chi connectivity index (χ3n) is 8.09. The molecule has 2 fully saturated rings. The standard InChI is InChI=1S/C29H50N6O/c1-4-6-10-20-35(5-2)26-16-15-25(28(31-3)33-26)27(30)29(36)32-24-17-21-34(22-18-24)19-11-14-23-12-8-7-9-13-23/h15-16,23-24,30H,4-14,17-22H2,1-3H3,(H,31,33)(H,32,36). The highest BCUT2D eigenvalue weighted by molar-refractivity contribution is 6.45. The molecule has 1 saturated carbocycles. The van der Waals surface area contributed by atoms with E-state index in [2.05, 4.69) is 34.3 Å². The first-order chi connectivity index (χ1) is 17.5. The molecule has 1 aliphatic heterocycles. The van der Waals surface area contributed by atoms with Gasteiger partial charge in [-0.3, -0.25) is 10.2 Å². The average molecular weight is 499 g/mol. The van der Waals surface area contributed by atoms with Gasteiger partial charge in [-0.2, -0.15) is 0 Å². The van der Waals surface area contributed by atoms with Crippen LogP contribution in [0.5, 0.6) is 0 Å². The van der Waals surface area contributed by atoms with Crippen molar-refractivity contribution >= 4 is 23.3 Å². The third kappa shape index (κ3) is 8.46. The minimum Gasteiger partial charge on any atom is -0.373 e. The van der Waals surface area contributed by atoms with Crippen LogP contribution in [0, 0.1) is 11.3 Å². The van der Waals surface area contributed by atoms with Gasteiger partial charge >= 0.3 is 0 Å². The van der Waals surface area contributed by atoms with Gasteiger partial charge in [-0.25, -0.2) is 4.98 Å². The fourth-order valence-electron chi connectivity index (χ4n) is 5.76. The molecule has 0 unspecified atom stereocenters. The molecule has 0 atom stereocenters. The van der Waals surface area contributed by atoms with Crippen LogP contribution in [0.1, 0.15) is 96.5 Å². The van der Waals surface area contributed by atoms with Crippen molar-refractivity contribution in [2.24, 2.45) is 5.92 Å². The van der Waals surface area contributed by atoms with E-state index in [0.717, 1.165) is 57.2 Å². The van der Waals surface area contributed by atoms with E-state index in [1.165, 1.54) is 64.3 Å². The van der Waals surface area contributed by atoms with Gasteiger partial charge < -0.3 is 20.4 Å². The molecule has 202 valence electrons. The molecule has 7 heteroatoms. The number of carbonyl (C=O) groups excluding carboxylic acids is 1. The van der Waals surface area contributed by atoms with Crippen LogP contribution in [0.25, 0.3) is 0 Å². The van der Waals surface area contributed by atoms with Gasteiger partial charge in [0.1, 0.15) is 17.3 Å². The number of nitrogens with zero attached hydrogens (tertiary/aromatic N) is 3. The van der Waals surface area contributed by atoms with E-state index in [4.69, 9.17) is 10.4 Å². The number of rotatable bonds is 14. The van der Waals surface area contributed by atoms with E-state index in [-0.39, 0.29) is 17.7 Å². The Hall–Kier alpha value is -2.15. The summed E-state index contributed by atoms with van der Waals surface area (Å²) in [7, 11) is 1.80. The van der Waals surface area contributed by atoms with Gasteiger partial charge in [0.2, 0.25) is 0 Å². The number of carbonyl (C=O) groups is 1. The molecule has 36 heavy (non-hydrogen) atoms. The maximum Gasteiger partial charge on any atom is 0.270 e. The monoisotopic (exact) mass is 498 g/mol. The Balaban J connectivity index is 1.46. The van der Waals surface area contributed by atoms with Gasteiger partial charge in [0.05, 0.1) is 0 Å². The lowest BCUT2D eigenvalue weighted by atomic mass is 9.86. The van der Waals surface area contributed by atoms with Crippen molar-refractivity contribution in [3.8, 4) is 0 Å². The van der Waals surface area contributed by atoms with Crippen LogP contribution >= 0.6 is 0 Å². The molecule has 0 radical (unpaired) electrons. The van der Waals surface area contributed by atoms with Gasteiger partial charge in [-0.05, 0) is 63.6 Å². The highest BCUT2D eigenvalue weighted by Gasteiger charge is 2.24. The molecule has 1 aromatic heterocycles. The Bertz CT molecular complexity index is 814. The summed E-state index contributed by atoms with van der Waals surface area (Å²) in [5, 5.41) is 14.8. The normalized spacial score (nSPS) is 17.6. The van der Waals surface area contributed by atoms with Crippen LogP contribution in [-0.4, -0.2) is 67.3 Å². The number of nitrogens with one attached hydrogen (secondary N) is 3. The topological polar surface area (TPSA) is 84.4 Å². The van der Waals surface area contributed by atoms with Crippen LogP contribution in [-0.2, 0) is 4.79 Å². The van der Waals surface area contributed by atoms with Gasteiger partial charge in [0.25, 0.3) is 5.91 Å². The molecule has 0 bridgehead atoms. The van der Waals surface area contributed by atoms with Crippen molar-refractivity contribution in [1.29, 1.82) is 5.41 Å². The van der Waals surface area contributed by atoms with Crippen molar-refractivity contribution in [2.45, 2.75) is 96.9 Å². The summed E-state index contributed by atoms with van der Waals surface area (Å²) >= 11 is 0. The zero-order valence-corrected chi connectivity index (χ0v) is 23.1. The number of unbranched alkanes of at least 4 members (excludes halogenated alkanes) is 2. The number of pyridine rings is 1. The van der Waals surface area contributed by atoms with E-state index in [0.29, 0.717) is 11.4 Å². The summed E-state index contributed by atoms with van der Waals surface area (Å²) in [5.41, 5.74) is 0.547. The molecule has 0 spiro atoms. The van der Waals surface area contributed by atoms with Gasteiger partial charge in [-0.1, -0.05) is 51.9 Å². The molecule has 2 aliphatic rings. The van der Waals surface area contributed by atoms with E-state index in [1.807, 2.05) is 12.1 Å². The van der Waals surface area contributed by atoms with Crippen LogP contribution in [0.4, 0.5) is 11.6 Å². The fourth-order valence-corrected chi connectivity index (χ4v) is 5.76. The van der Waals surface area contributed by atoms with Crippen LogP contribution in [0.3, 0.4) is 0 Å². The van der Waals surface area contributed by atoms with E-state index in [1.54, 1.807) is 7.05 Å². The second kappa shape index (κ2) is 15.2. The molecule has 1 amide bonds. The van der Waals surface area contributed by atoms with E-state index in [9.17, 15) is 4.79 Å². The zero-order valence-electron chi connectivity index (χ0n) is 23.1. The minimum absolute atomic E-state index is 0.0117. The minimum atomic E-state index is -0.299. The maximum atomic E-state index is 12.9. The zero-order chi connectivity index (χ0) is 25.8. The van der Waals surface area contributed by atoms with Crippen molar-refractivity contribution in [3.05, 3.63) is 17.7 Å². The first kappa shape index (κ1) is 28.4. The van der Waals surface area contributed by atoms with Crippen LogP contribution < -0.4 is 15.5 Å². The lowest BCUT2D eigenvalue weighted by Crippen LogP contribution is -2.46. The summed E-state index contributed by atoms with van der Waals surface area (Å²) in [6.07, 6.45) is 15.3. The average Bonchev–Trinajstić information content (AvgIpc) is 2.92.